The number of hydrogen-bond donors (Lipinski definition) is 1. The van der Waals surface area contributed by atoms with E-state index >= 15 is 0 Å². The average molecular weight is 305 g/mol. The summed E-state index contributed by atoms with van der Waals surface area (Å²) >= 11 is 1.57. The molecule has 1 aliphatic rings. The third kappa shape index (κ3) is 3.90. The Hall–Kier alpha value is -1.23. The van der Waals surface area contributed by atoms with Crippen LogP contribution in [0.25, 0.3) is 10.4 Å². The predicted octanol–water partition coefficient (Wildman–Crippen LogP) is 4.21. The van der Waals surface area contributed by atoms with Crippen LogP contribution >= 0.6 is 11.3 Å². The highest BCUT2D eigenvalue weighted by atomic mass is 32.1. The van der Waals surface area contributed by atoms with Crippen molar-refractivity contribution in [3.05, 3.63) is 47.1 Å². The molecule has 4 heteroatoms. The van der Waals surface area contributed by atoms with Crippen LogP contribution in [0, 0.1) is 5.82 Å². The topological polar surface area (TPSA) is 21.3 Å². The van der Waals surface area contributed by atoms with Gasteiger partial charge in [-0.2, -0.15) is 0 Å². The van der Waals surface area contributed by atoms with Gasteiger partial charge in [0.2, 0.25) is 0 Å². The number of halogens is 1. The monoisotopic (exact) mass is 305 g/mol. The number of rotatable bonds is 5. The Kier molecular flexibility index (Phi) is 5.01. The Labute approximate surface area is 129 Å². The standard InChI is InChI=1S/C17H20FNOS/c18-16-7-6-13(10-15(16)17-5-3-9-21-17)11-19-12-14-4-1-2-8-20-14/h3,5-7,9-10,14,19H,1-2,4,8,11-12H2. The summed E-state index contributed by atoms with van der Waals surface area (Å²) in [6, 6.07) is 9.25. The zero-order chi connectivity index (χ0) is 14.5. The van der Waals surface area contributed by atoms with Gasteiger partial charge in [0.25, 0.3) is 0 Å². The van der Waals surface area contributed by atoms with Crippen molar-refractivity contribution < 1.29 is 9.13 Å². The highest BCUT2D eigenvalue weighted by molar-refractivity contribution is 7.13. The molecule has 1 aliphatic heterocycles. The molecule has 0 radical (unpaired) electrons. The first-order chi connectivity index (χ1) is 10.3. The average Bonchev–Trinajstić information content (AvgIpc) is 3.04. The first-order valence-electron chi connectivity index (χ1n) is 7.47. The van der Waals surface area contributed by atoms with Crippen LogP contribution in [0.2, 0.25) is 0 Å². The lowest BCUT2D eigenvalue weighted by Crippen LogP contribution is -2.31. The van der Waals surface area contributed by atoms with Crippen LogP contribution in [0.3, 0.4) is 0 Å². The van der Waals surface area contributed by atoms with Crippen molar-refractivity contribution in [3.63, 3.8) is 0 Å². The summed E-state index contributed by atoms with van der Waals surface area (Å²) in [6.45, 7) is 2.50. The van der Waals surface area contributed by atoms with Gasteiger partial charge in [0, 0.05) is 30.1 Å². The summed E-state index contributed by atoms with van der Waals surface area (Å²) < 4.78 is 19.6. The fourth-order valence-corrected chi connectivity index (χ4v) is 3.39. The number of benzene rings is 1. The van der Waals surface area contributed by atoms with Crippen molar-refractivity contribution in [1.29, 1.82) is 0 Å². The van der Waals surface area contributed by atoms with Gasteiger partial charge in [0.15, 0.2) is 0 Å². The molecule has 3 rings (SSSR count). The molecule has 1 atom stereocenters. The molecule has 1 saturated heterocycles. The molecule has 1 fully saturated rings. The summed E-state index contributed by atoms with van der Waals surface area (Å²) in [5, 5.41) is 5.39. The molecule has 1 N–H and O–H groups in total. The van der Waals surface area contributed by atoms with Crippen molar-refractivity contribution in [2.24, 2.45) is 0 Å². The molecule has 0 saturated carbocycles. The molecule has 21 heavy (non-hydrogen) atoms. The molecule has 0 bridgehead atoms. The van der Waals surface area contributed by atoms with Crippen LogP contribution in [0.15, 0.2) is 35.7 Å². The van der Waals surface area contributed by atoms with E-state index in [0.29, 0.717) is 11.7 Å². The maximum Gasteiger partial charge on any atom is 0.131 e. The largest absolute Gasteiger partial charge is 0.377 e. The first kappa shape index (κ1) is 14.7. The van der Waals surface area contributed by atoms with E-state index < -0.39 is 0 Å². The van der Waals surface area contributed by atoms with E-state index in [1.807, 2.05) is 29.6 Å². The first-order valence-corrected chi connectivity index (χ1v) is 8.35. The molecular weight excluding hydrogens is 285 g/mol. The zero-order valence-corrected chi connectivity index (χ0v) is 12.8. The SMILES string of the molecule is Fc1ccc(CNCC2CCCCO2)cc1-c1cccs1. The lowest BCUT2D eigenvalue weighted by Gasteiger charge is -2.22. The Morgan fingerprint density at radius 2 is 2.24 bits per heavy atom. The molecule has 112 valence electrons. The summed E-state index contributed by atoms with van der Waals surface area (Å²) in [5.41, 5.74) is 1.80. The highest BCUT2D eigenvalue weighted by Gasteiger charge is 2.13. The Morgan fingerprint density at radius 3 is 3.00 bits per heavy atom. The molecule has 0 spiro atoms. The summed E-state index contributed by atoms with van der Waals surface area (Å²) in [6.07, 6.45) is 3.90. The number of thiophene rings is 1. The van der Waals surface area contributed by atoms with Crippen LogP contribution in [0.1, 0.15) is 24.8 Å². The second-order valence-electron chi connectivity index (χ2n) is 5.41. The quantitative estimate of drug-likeness (QED) is 0.893. The third-order valence-corrected chi connectivity index (χ3v) is 4.70. The highest BCUT2D eigenvalue weighted by Crippen LogP contribution is 2.28. The van der Waals surface area contributed by atoms with Gasteiger partial charge in [-0.3, -0.25) is 0 Å². The Balaban J connectivity index is 1.59. The van der Waals surface area contributed by atoms with E-state index in [1.54, 1.807) is 17.4 Å². The van der Waals surface area contributed by atoms with Crippen molar-refractivity contribution in [2.75, 3.05) is 13.2 Å². The van der Waals surface area contributed by atoms with Gasteiger partial charge in [-0.1, -0.05) is 12.1 Å². The van der Waals surface area contributed by atoms with E-state index in [0.717, 1.165) is 36.6 Å². The van der Waals surface area contributed by atoms with Crippen LogP contribution < -0.4 is 5.32 Å². The minimum atomic E-state index is -0.156. The smallest absolute Gasteiger partial charge is 0.131 e. The number of ether oxygens (including phenoxy) is 1. The molecule has 1 aromatic carbocycles. The fraction of sp³-hybridized carbons (Fsp3) is 0.412. The Morgan fingerprint density at radius 1 is 1.29 bits per heavy atom. The van der Waals surface area contributed by atoms with Gasteiger partial charge in [0.1, 0.15) is 5.82 Å². The third-order valence-electron chi connectivity index (χ3n) is 3.79. The van der Waals surface area contributed by atoms with Crippen LogP contribution in [-0.4, -0.2) is 19.3 Å². The van der Waals surface area contributed by atoms with Crippen molar-refractivity contribution in [3.8, 4) is 10.4 Å². The molecule has 2 heterocycles. The van der Waals surface area contributed by atoms with E-state index in [2.05, 4.69) is 5.32 Å². The summed E-state index contributed by atoms with van der Waals surface area (Å²) in [5.74, 6) is -0.156. The molecule has 0 aliphatic carbocycles. The lowest BCUT2D eigenvalue weighted by molar-refractivity contribution is 0.0168. The molecule has 2 nitrogen and oxygen atoms in total. The second kappa shape index (κ2) is 7.16. The zero-order valence-electron chi connectivity index (χ0n) is 12.0. The molecule has 1 unspecified atom stereocenters. The van der Waals surface area contributed by atoms with Gasteiger partial charge < -0.3 is 10.1 Å². The molecule has 1 aromatic heterocycles. The van der Waals surface area contributed by atoms with Crippen LogP contribution in [0.4, 0.5) is 4.39 Å². The fourth-order valence-electron chi connectivity index (χ4n) is 2.65. The minimum absolute atomic E-state index is 0.156. The predicted molar refractivity (Wildman–Crippen MR) is 85.0 cm³/mol. The molecular formula is C17H20FNOS. The number of hydrogen-bond acceptors (Lipinski definition) is 3. The maximum atomic E-state index is 13.9. The van der Waals surface area contributed by atoms with E-state index in [4.69, 9.17) is 4.74 Å². The van der Waals surface area contributed by atoms with Gasteiger partial charge in [0.05, 0.1) is 6.10 Å². The van der Waals surface area contributed by atoms with Gasteiger partial charge in [-0.05, 0) is 48.4 Å². The maximum absolute atomic E-state index is 13.9. The van der Waals surface area contributed by atoms with Gasteiger partial charge >= 0.3 is 0 Å². The van der Waals surface area contributed by atoms with Crippen LogP contribution in [-0.2, 0) is 11.3 Å². The van der Waals surface area contributed by atoms with E-state index in [1.165, 1.54) is 12.8 Å². The van der Waals surface area contributed by atoms with E-state index in [9.17, 15) is 4.39 Å². The van der Waals surface area contributed by atoms with Gasteiger partial charge in [-0.15, -0.1) is 11.3 Å². The minimum Gasteiger partial charge on any atom is -0.377 e. The van der Waals surface area contributed by atoms with Crippen molar-refractivity contribution in [2.45, 2.75) is 31.9 Å². The normalized spacial score (nSPS) is 18.8. The summed E-state index contributed by atoms with van der Waals surface area (Å²) in [7, 11) is 0. The van der Waals surface area contributed by atoms with E-state index in [-0.39, 0.29) is 5.82 Å². The van der Waals surface area contributed by atoms with Crippen LogP contribution in [0.5, 0.6) is 0 Å². The lowest BCUT2D eigenvalue weighted by atomic mass is 10.1. The van der Waals surface area contributed by atoms with Crippen molar-refractivity contribution >= 4 is 11.3 Å². The molecule has 0 amide bonds. The molecule has 2 aromatic rings. The van der Waals surface area contributed by atoms with Crippen molar-refractivity contribution in [1.82, 2.24) is 5.32 Å². The number of nitrogens with one attached hydrogen (secondary N) is 1. The van der Waals surface area contributed by atoms with Gasteiger partial charge in [-0.25, -0.2) is 4.39 Å². The second-order valence-corrected chi connectivity index (χ2v) is 6.36. The summed E-state index contributed by atoms with van der Waals surface area (Å²) in [4.78, 5) is 0.977. The Bertz CT molecular complexity index is 564.